The quantitative estimate of drug-likeness (QED) is 0.630. The van der Waals surface area contributed by atoms with Crippen LogP contribution in [0, 0.1) is 0 Å². The topological polar surface area (TPSA) is 30.5 Å². The lowest BCUT2D eigenvalue weighted by atomic mass is 10.3. The smallest absolute Gasteiger partial charge is 0.0642 e. The van der Waals surface area contributed by atoms with Crippen molar-refractivity contribution >= 4 is 12.4 Å². The van der Waals surface area contributed by atoms with E-state index in [1.165, 1.54) is 0 Å². The van der Waals surface area contributed by atoms with Crippen molar-refractivity contribution in [3.8, 4) is 0 Å². The van der Waals surface area contributed by atoms with Crippen molar-refractivity contribution in [1.82, 2.24) is 5.32 Å². The van der Waals surface area contributed by atoms with Gasteiger partial charge in [0.2, 0.25) is 0 Å². The first-order valence-electron chi connectivity index (χ1n) is 3.23. The van der Waals surface area contributed by atoms with E-state index in [1.54, 1.807) is 7.11 Å². The van der Waals surface area contributed by atoms with Crippen LogP contribution in [0.3, 0.4) is 0 Å². The van der Waals surface area contributed by atoms with Gasteiger partial charge in [-0.2, -0.15) is 0 Å². The largest absolute Gasteiger partial charge is 0.383 e. The molecule has 0 saturated carbocycles. The molecule has 1 heterocycles. The number of methoxy groups -OCH3 is 1. The maximum Gasteiger partial charge on any atom is 0.0642 e. The van der Waals surface area contributed by atoms with Gasteiger partial charge >= 0.3 is 0 Å². The summed E-state index contributed by atoms with van der Waals surface area (Å²) >= 11 is 0. The second kappa shape index (κ2) is 5.92. The van der Waals surface area contributed by atoms with E-state index in [4.69, 9.17) is 9.47 Å². The third kappa shape index (κ3) is 3.37. The second-order valence-corrected chi connectivity index (χ2v) is 2.18. The van der Waals surface area contributed by atoms with Crippen LogP contribution < -0.4 is 5.32 Å². The molecule has 1 saturated heterocycles. The SMILES string of the molecule is COC[C@H]1COCCN1.Cl. The fourth-order valence-corrected chi connectivity index (χ4v) is 0.928. The van der Waals surface area contributed by atoms with Crippen LogP contribution in [0.15, 0.2) is 0 Å². The number of rotatable bonds is 2. The molecule has 1 aliphatic rings. The Morgan fingerprint density at radius 2 is 2.50 bits per heavy atom. The summed E-state index contributed by atoms with van der Waals surface area (Å²) in [4.78, 5) is 0. The Hall–Kier alpha value is 0.170. The van der Waals surface area contributed by atoms with Crippen LogP contribution in [-0.2, 0) is 9.47 Å². The van der Waals surface area contributed by atoms with Gasteiger partial charge in [0.1, 0.15) is 0 Å². The van der Waals surface area contributed by atoms with Crippen molar-refractivity contribution in [3.05, 3.63) is 0 Å². The molecule has 0 aromatic rings. The standard InChI is InChI=1S/C6H13NO2.ClH/c1-8-4-6-5-9-3-2-7-6;/h6-7H,2-5H2,1H3;1H/t6-;/m0./s1. The molecule has 0 aromatic heterocycles. The van der Waals surface area contributed by atoms with Crippen LogP contribution in [0.25, 0.3) is 0 Å². The number of hydrogen-bond donors (Lipinski definition) is 1. The van der Waals surface area contributed by atoms with Crippen molar-refractivity contribution < 1.29 is 9.47 Å². The molecule has 62 valence electrons. The maximum absolute atomic E-state index is 5.19. The summed E-state index contributed by atoms with van der Waals surface area (Å²) in [7, 11) is 1.70. The average Bonchev–Trinajstić information content (AvgIpc) is 1.91. The van der Waals surface area contributed by atoms with Crippen LogP contribution in [0.2, 0.25) is 0 Å². The normalized spacial score (nSPS) is 25.5. The summed E-state index contributed by atoms with van der Waals surface area (Å²) in [6.07, 6.45) is 0. The predicted octanol–water partition coefficient (Wildman–Crippen LogP) is 0.0430. The molecule has 1 aliphatic heterocycles. The highest BCUT2D eigenvalue weighted by atomic mass is 35.5. The summed E-state index contributed by atoms with van der Waals surface area (Å²) in [5.74, 6) is 0. The highest BCUT2D eigenvalue weighted by Gasteiger charge is 2.10. The Labute approximate surface area is 67.5 Å². The van der Waals surface area contributed by atoms with Gasteiger partial charge in [0.15, 0.2) is 0 Å². The summed E-state index contributed by atoms with van der Waals surface area (Å²) < 4.78 is 10.1. The van der Waals surface area contributed by atoms with Crippen molar-refractivity contribution in [2.24, 2.45) is 0 Å². The first-order valence-corrected chi connectivity index (χ1v) is 3.23. The Kier molecular flexibility index (Phi) is 6.02. The number of halogens is 1. The number of ether oxygens (including phenoxy) is 2. The molecule has 3 nitrogen and oxygen atoms in total. The van der Waals surface area contributed by atoms with Crippen molar-refractivity contribution in [3.63, 3.8) is 0 Å². The Bertz CT molecular complexity index is 73.4. The molecule has 1 rings (SSSR count). The Morgan fingerprint density at radius 1 is 1.70 bits per heavy atom. The molecule has 0 aliphatic carbocycles. The van der Waals surface area contributed by atoms with Crippen LogP contribution >= 0.6 is 12.4 Å². The van der Waals surface area contributed by atoms with E-state index in [0.29, 0.717) is 6.04 Å². The molecule has 0 amide bonds. The van der Waals surface area contributed by atoms with Gasteiger partial charge in [-0.25, -0.2) is 0 Å². The van der Waals surface area contributed by atoms with Crippen molar-refractivity contribution in [2.75, 3.05) is 33.5 Å². The van der Waals surface area contributed by atoms with Crippen molar-refractivity contribution in [1.29, 1.82) is 0 Å². The first kappa shape index (κ1) is 10.2. The van der Waals surface area contributed by atoms with Gasteiger partial charge in [-0.1, -0.05) is 0 Å². The highest BCUT2D eigenvalue weighted by molar-refractivity contribution is 5.85. The molecular weight excluding hydrogens is 154 g/mol. The number of hydrogen-bond acceptors (Lipinski definition) is 3. The third-order valence-corrected chi connectivity index (χ3v) is 1.37. The van der Waals surface area contributed by atoms with Gasteiger partial charge in [0.05, 0.1) is 25.9 Å². The zero-order chi connectivity index (χ0) is 6.53. The monoisotopic (exact) mass is 167 g/mol. The van der Waals surface area contributed by atoms with E-state index in [-0.39, 0.29) is 12.4 Å². The first-order chi connectivity index (χ1) is 4.43. The van der Waals surface area contributed by atoms with Gasteiger partial charge in [0, 0.05) is 13.7 Å². The van der Waals surface area contributed by atoms with Crippen LogP contribution in [0.1, 0.15) is 0 Å². The van der Waals surface area contributed by atoms with Crippen LogP contribution in [-0.4, -0.2) is 39.5 Å². The van der Waals surface area contributed by atoms with E-state index in [9.17, 15) is 0 Å². The van der Waals surface area contributed by atoms with Crippen molar-refractivity contribution in [2.45, 2.75) is 6.04 Å². The fraction of sp³-hybridized carbons (Fsp3) is 1.00. The van der Waals surface area contributed by atoms with Gasteiger partial charge in [0.25, 0.3) is 0 Å². The lowest BCUT2D eigenvalue weighted by Crippen LogP contribution is -2.43. The summed E-state index contributed by atoms with van der Waals surface area (Å²) in [5.41, 5.74) is 0. The second-order valence-electron chi connectivity index (χ2n) is 2.18. The zero-order valence-electron chi connectivity index (χ0n) is 6.13. The maximum atomic E-state index is 5.19. The van der Waals surface area contributed by atoms with E-state index < -0.39 is 0 Å². The van der Waals surface area contributed by atoms with Crippen LogP contribution in [0.5, 0.6) is 0 Å². The summed E-state index contributed by atoms with van der Waals surface area (Å²) in [6.45, 7) is 3.32. The molecule has 0 spiro atoms. The summed E-state index contributed by atoms with van der Waals surface area (Å²) in [5, 5.41) is 3.27. The molecular formula is C6H14ClNO2. The third-order valence-electron chi connectivity index (χ3n) is 1.37. The molecule has 0 aromatic carbocycles. The van der Waals surface area contributed by atoms with Crippen LogP contribution in [0.4, 0.5) is 0 Å². The molecule has 0 radical (unpaired) electrons. The summed E-state index contributed by atoms with van der Waals surface area (Å²) in [6, 6.07) is 0.406. The minimum absolute atomic E-state index is 0. The molecule has 1 atom stereocenters. The van der Waals surface area contributed by atoms with E-state index in [0.717, 1.165) is 26.4 Å². The van der Waals surface area contributed by atoms with E-state index in [2.05, 4.69) is 5.32 Å². The number of nitrogens with one attached hydrogen (secondary N) is 1. The molecule has 1 N–H and O–H groups in total. The number of morpholine rings is 1. The zero-order valence-corrected chi connectivity index (χ0v) is 6.95. The lowest BCUT2D eigenvalue weighted by molar-refractivity contribution is 0.0432. The molecule has 1 fully saturated rings. The predicted molar refractivity (Wildman–Crippen MR) is 41.7 cm³/mol. The highest BCUT2D eigenvalue weighted by Crippen LogP contribution is 1.91. The lowest BCUT2D eigenvalue weighted by Gasteiger charge is -2.22. The minimum Gasteiger partial charge on any atom is -0.383 e. The average molecular weight is 168 g/mol. The molecule has 0 bridgehead atoms. The Balaban J connectivity index is 0.000000810. The van der Waals surface area contributed by atoms with Gasteiger partial charge in [-0.05, 0) is 0 Å². The molecule has 0 unspecified atom stereocenters. The Morgan fingerprint density at radius 3 is 3.00 bits per heavy atom. The molecule has 10 heavy (non-hydrogen) atoms. The van der Waals surface area contributed by atoms with Gasteiger partial charge in [-0.15, -0.1) is 12.4 Å². The van der Waals surface area contributed by atoms with Gasteiger partial charge in [-0.3, -0.25) is 0 Å². The minimum atomic E-state index is 0. The molecule has 4 heteroatoms. The fourth-order valence-electron chi connectivity index (χ4n) is 0.928. The van der Waals surface area contributed by atoms with E-state index >= 15 is 0 Å². The van der Waals surface area contributed by atoms with Gasteiger partial charge < -0.3 is 14.8 Å². The van der Waals surface area contributed by atoms with E-state index in [1.807, 2.05) is 0 Å².